The second-order valence-electron chi connectivity index (χ2n) is 4.38. The maximum atomic E-state index is 9.91. The molecule has 1 aliphatic carbocycles. The predicted molar refractivity (Wildman–Crippen MR) is 62.1 cm³/mol. The molecule has 0 heterocycles. The van der Waals surface area contributed by atoms with Crippen LogP contribution in [-0.4, -0.2) is 25.4 Å². The fraction of sp³-hybridized carbons (Fsp3) is 0.538. The van der Waals surface area contributed by atoms with Crippen molar-refractivity contribution < 1.29 is 14.6 Å². The molecule has 1 aliphatic rings. The van der Waals surface area contributed by atoms with Crippen molar-refractivity contribution in [1.82, 2.24) is 0 Å². The number of benzene rings is 1. The van der Waals surface area contributed by atoms with Gasteiger partial charge in [-0.15, -0.1) is 0 Å². The van der Waals surface area contributed by atoms with E-state index >= 15 is 0 Å². The molecule has 0 aliphatic heterocycles. The fourth-order valence-corrected chi connectivity index (χ4v) is 2.35. The summed E-state index contributed by atoms with van der Waals surface area (Å²) in [5.74, 6) is 2.02. The number of hydrogen-bond acceptors (Lipinski definition) is 3. The summed E-state index contributed by atoms with van der Waals surface area (Å²) < 4.78 is 10.7. The van der Waals surface area contributed by atoms with Gasteiger partial charge < -0.3 is 14.6 Å². The highest BCUT2D eigenvalue weighted by Gasteiger charge is 2.28. The molecule has 1 aromatic carbocycles. The molecule has 0 radical (unpaired) electrons. The zero-order valence-corrected chi connectivity index (χ0v) is 9.99. The fourth-order valence-electron chi connectivity index (χ4n) is 2.35. The molecule has 0 aromatic heterocycles. The molecule has 0 fully saturated rings. The van der Waals surface area contributed by atoms with Gasteiger partial charge in [0.05, 0.1) is 20.3 Å². The van der Waals surface area contributed by atoms with Crippen molar-refractivity contribution in [3.05, 3.63) is 23.3 Å². The van der Waals surface area contributed by atoms with Crippen molar-refractivity contribution in [2.45, 2.75) is 25.9 Å². The van der Waals surface area contributed by atoms with E-state index in [4.69, 9.17) is 9.47 Å². The van der Waals surface area contributed by atoms with E-state index in [1.165, 1.54) is 5.56 Å². The zero-order chi connectivity index (χ0) is 11.7. The second kappa shape index (κ2) is 4.34. The van der Waals surface area contributed by atoms with Crippen LogP contribution in [-0.2, 0) is 12.8 Å². The first kappa shape index (κ1) is 11.3. The molecular formula is C13H18O3. The molecular weight excluding hydrogens is 204 g/mol. The third kappa shape index (κ3) is 1.76. The highest BCUT2D eigenvalue weighted by molar-refractivity contribution is 5.50. The summed E-state index contributed by atoms with van der Waals surface area (Å²) in [6, 6.07) is 3.84. The maximum absolute atomic E-state index is 9.91. The lowest BCUT2D eigenvalue weighted by molar-refractivity contribution is 0.107. The lowest BCUT2D eigenvalue weighted by Gasteiger charge is -2.29. The molecule has 0 spiro atoms. The van der Waals surface area contributed by atoms with Crippen LogP contribution in [0.2, 0.25) is 0 Å². The van der Waals surface area contributed by atoms with Crippen LogP contribution in [0.4, 0.5) is 0 Å². The first-order chi connectivity index (χ1) is 7.67. The Kier molecular flexibility index (Phi) is 3.06. The van der Waals surface area contributed by atoms with Crippen LogP contribution >= 0.6 is 0 Å². The van der Waals surface area contributed by atoms with Crippen molar-refractivity contribution in [3.63, 3.8) is 0 Å². The van der Waals surface area contributed by atoms with Crippen molar-refractivity contribution in [2.24, 2.45) is 5.92 Å². The van der Waals surface area contributed by atoms with Crippen molar-refractivity contribution in [1.29, 1.82) is 0 Å². The summed E-state index contributed by atoms with van der Waals surface area (Å²) in [6.07, 6.45) is 1.21. The number of aliphatic hydroxyl groups is 1. The molecule has 1 aromatic rings. The monoisotopic (exact) mass is 222 g/mol. The second-order valence-corrected chi connectivity index (χ2v) is 4.38. The standard InChI is InChI=1S/C13H18O3/c1-8-6-9-10(7-11(8)14)13(16-3)5-4-12(9)15-2/h4-5,8,11,14H,6-7H2,1-3H3/t8?,11-/m0/s1. The Morgan fingerprint density at radius 1 is 1.06 bits per heavy atom. The lowest BCUT2D eigenvalue weighted by atomic mass is 9.82. The smallest absolute Gasteiger partial charge is 0.122 e. The largest absolute Gasteiger partial charge is 0.496 e. The van der Waals surface area contributed by atoms with Crippen molar-refractivity contribution in [2.75, 3.05) is 14.2 Å². The molecule has 0 saturated carbocycles. The lowest BCUT2D eigenvalue weighted by Crippen LogP contribution is -2.28. The highest BCUT2D eigenvalue weighted by Crippen LogP contribution is 2.37. The molecule has 1 unspecified atom stereocenters. The van der Waals surface area contributed by atoms with E-state index in [2.05, 4.69) is 6.92 Å². The van der Waals surface area contributed by atoms with Crippen molar-refractivity contribution >= 4 is 0 Å². The van der Waals surface area contributed by atoms with Crippen LogP contribution in [0.15, 0.2) is 12.1 Å². The van der Waals surface area contributed by atoms with Gasteiger partial charge in [0.15, 0.2) is 0 Å². The van der Waals surface area contributed by atoms with Crippen LogP contribution in [0, 0.1) is 5.92 Å². The van der Waals surface area contributed by atoms with E-state index in [-0.39, 0.29) is 12.0 Å². The molecule has 2 atom stereocenters. The van der Waals surface area contributed by atoms with Gasteiger partial charge in [0.25, 0.3) is 0 Å². The van der Waals surface area contributed by atoms with Gasteiger partial charge in [-0.2, -0.15) is 0 Å². The normalized spacial score (nSPS) is 23.8. The minimum Gasteiger partial charge on any atom is -0.496 e. The Balaban J connectivity index is 2.50. The third-order valence-corrected chi connectivity index (χ3v) is 3.38. The Morgan fingerprint density at radius 2 is 1.56 bits per heavy atom. The van der Waals surface area contributed by atoms with Gasteiger partial charge in [-0.05, 0) is 24.5 Å². The number of ether oxygens (including phenoxy) is 2. The maximum Gasteiger partial charge on any atom is 0.122 e. The van der Waals surface area contributed by atoms with Crippen molar-refractivity contribution in [3.8, 4) is 11.5 Å². The molecule has 3 heteroatoms. The summed E-state index contributed by atoms with van der Waals surface area (Å²) in [5.41, 5.74) is 2.27. The van der Waals surface area contributed by atoms with Gasteiger partial charge >= 0.3 is 0 Å². The average Bonchev–Trinajstić information content (AvgIpc) is 2.29. The summed E-state index contributed by atoms with van der Waals surface area (Å²) in [4.78, 5) is 0. The molecule has 88 valence electrons. The molecule has 0 bridgehead atoms. The summed E-state index contributed by atoms with van der Waals surface area (Å²) in [7, 11) is 3.34. The highest BCUT2D eigenvalue weighted by atomic mass is 16.5. The van der Waals surface area contributed by atoms with E-state index in [1.807, 2.05) is 12.1 Å². The minimum atomic E-state index is -0.284. The Bertz CT molecular complexity index is 350. The van der Waals surface area contributed by atoms with E-state index in [0.717, 1.165) is 23.5 Å². The Hall–Kier alpha value is -1.22. The number of methoxy groups -OCH3 is 2. The van der Waals surface area contributed by atoms with Gasteiger partial charge in [0.2, 0.25) is 0 Å². The number of aliphatic hydroxyl groups excluding tert-OH is 1. The number of hydrogen-bond donors (Lipinski definition) is 1. The molecule has 16 heavy (non-hydrogen) atoms. The number of rotatable bonds is 2. The first-order valence-corrected chi connectivity index (χ1v) is 5.58. The summed E-state index contributed by atoms with van der Waals surface area (Å²) in [5, 5.41) is 9.91. The van der Waals surface area contributed by atoms with Crippen LogP contribution in [0.5, 0.6) is 11.5 Å². The molecule has 3 nitrogen and oxygen atoms in total. The van der Waals surface area contributed by atoms with E-state index < -0.39 is 0 Å². The van der Waals surface area contributed by atoms with Crippen LogP contribution in [0.25, 0.3) is 0 Å². The van der Waals surface area contributed by atoms with Crippen LogP contribution < -0.4 is 9.47 Å². The zero-order valence-electron chi connectivity index (χ0n) is 9.99. The SMILES string of the molecule is COc1ccc(OC)c2c1CC(C)[C@@H](O)C2. The Morgan fingerprint density at radius 3 is 2.06 bits per heavy atom. The van der Waals surface area contributed by atoms with Crippen LogP contribution in [0.1, 0.15) is 18.1 Å². The Labute approximate surface area is 96.0 Å². The quantitative estimate of drug-likeness (QED) is 0.829. The van der Waals surface area contributed by atoms with Gasteiger partial charge in [-0.25, -0.2) is 0 Å². The predicted octanol–water partition coefficient (Wildman–Crippen LogP) is 1.80. The van der Waals surface area contributed by atoms with E-state index in [0.29, 0.717) is 6.42 Å². The molecule has 2 rings (SSSR count). The number of fused-ring (bicyclic) bond motifs is 1. The van der Waals surface area contributed by atoms with Gasteiger partial charge in [-0.1, -0.05) is 6.92 Å². The summed E-state index contributed by atoms with van der Waals surface area (Å²) >= 11 is 0. The first-order valence-electron chi connectivity index (χ1n) is 5.58. The van der Waals surface area contributed by atoms with Gasteiger partial charge in [0, 0.05) is 17.5 Å². The minimum absolute atomic E-state index is 0.272. The van der Waals surface area contributed by atoms with Crippen LogP contribution in [0.3, 0.4) is 0 Å². The molecule has 1 N–H and O–H groups in total. The topological polar surface area (TPSA) is 38.7 Å². The van der Waals surface area contributed by atoms with Gasteiger partial charge in [-0.3, -0.25) is 0 Å². The molecule has 0 saturated heterocycles. The third-order valence-electron chi connectivity index (χ3n) is 3.38. The van der Waals surface area contributed by atoms with E-state index in [1.54, 1.807) is 14.2 Å². The molecule has 0 amide bonds. The average molecular weight is 222 g/mol. The van der Waals surface area contributed by atoms with Gasteiger partial charge in [0.1, 0.15) is 11.5 Å². The van der Waals surface area contributed by atoms with E-state index in [9.17, 15) is 5.11 Å². The summed E-state index contributed by atoms with van der Waals surface area (Å²) in [6.45, 7) is 2.06.